The molecule has 1 aliphatic heterocycles. The van der Waals surface area contributed by atoms with Crippen molar-refractivity contribution in [3.8, 4) is 0 Å². The molecule has 0 saturated carbocycles. The Morgan fingerprint density at radius 3 is 3.00 bits per heavy atom. The van der Waals surface area contributed by atoms with Crippen molar-refractivity contribution in [2.24, 2.45) is 5.73 Å². The second-order valence-corrected chi connectivity index (χ2v) is 4.12. The predicted octanol–water partition coefficient (Wildman–Crippen LogP) is -0.452. The quantitative estimate of drug-likeness (QED) is 0.671. The monoisotopic (exact) mass is 197 g/mol. The van der Waals surface area contributed by atoms with Crippen molar-refractivity contribution in [3.05, 3.63) is 11.9 Å². The molecule has 1 aromatic rings. The van der Waals surface area contributed by atoms with E-state index in [0.29, 0.717) is 6.61 Å². The maximum atomic E-state index is 5.91. The molecule has 0 amide bonds. The Morgan fingerprint density at radius 2 is 2.50 bits per heavy atom. The van der Waals surface area contributed by atoms with Crippen LogP contribution in [0.25, 0.3) is 0 Å². The standard InChI is InChI=1S/C8H15N5O/c1-8(2,9)7-4-13(12-11-7)6-3-10-14-5-6/h4,6,10H,3,5,9H2,1-2H3/t6-/m1/s1. The van der Waals surface area contributed by atoms with Gasteiger partial charge >= 0.3 is 0 Å². The SMILES string of the molecule is CC(C)(N)c1cn([C@@H]2CNOC2)nn1. The van der Waals surface area contributed by atoms with Gasteiger partial charge in [-0.1, -0.05) is 5.21 Å². The smallest absolute Gasteiger partial charge is 0.102 e. The summed E-state index contributed by atoms with van der Waals surface area (Å²) in [6, 6.07) is 0.221. The first-order valence-electron chi connectivity index (χ1n) is 4.63. The molecule has 1 fully saturated rings. The van der Waals surface area contributed by atoms with Crippen LogP contribution in [0.3, 0.4) is 0 Å². The molecule has 14 heavy (non-hydrogen) atoms. The second-order valence-electron chi connectivity index (χ2n) is 4.12. The molecule has 0 aliphatic carbocycles. The molecule has 0 unspecified atom stereocenters. The molecular formula is C8H15N5O. The van der Waals surface area contributed by atoms with E-state index in [-0.39, 0.29) is 6.04 Å². The molecular weight excluding hydrogens is 182 g/mol. The van der Waals surface area contributed by atoms with Crippen LogP contribution in [-0.4, -0.2) is 28.1 Å². The highest BCUT2D eigenvalue weighted by atomic mass is 16.7. The lowest BCUT2D eigenvalue weighted by atomic mass is 10.0. The summed E-state index contributed by atoms with van der Waals surface area (Å²) in [6.45, 7) is 5.19. The molecule has 0 bridgehead atoms. The first kappa shape index (κ1) is 9.57. The Kier molecular flexibility index (Phi) is 2.26. The molecule has 0 spiro atoms. The van der Waals surface area contributed by atoms with Crippen LogP contribution in [0.4, 0.5) is 0 Å². The highest BCUT2D eigenvalue weighted by Crippen LogP contribution is 2.16. The van der Waals surface area contributed by atoms with E-state index in [1.165, 1.54) is 0 Å². The van der Waals surface area contributed by atoms with Gasteiger partial charge in [0.1, 0.15) is 5.69 Å². The van der Waals surface area contributed by atoms with Gasteiger partial charge in [-0.15, -0.1) is 5.10 Å². The largest absolute Gasteiger partial charge is 0.320 e. The van der Waals surface area contributed by atoms with Gasteiger partial charge in [-0.25, -0.2) is 10.2 Å². The lowest BCUT2D eigenvalue weighted by Crippen LogP contribution is -2.29. The Morgan fingerprint density at radius 1 is 1.71 bits per heavy atom. The van der Waals surface area contributed by atoms with Crippen molar-refractivity contribution >= 4 is 0 Å². The van der Waals surface area contributed by atoms with Crippen molar-refractivity contribution in [2.45, 2.75) is 25.4 Å². The highest BCUT2D eigenvalue weighted by Gasteiger charge is 2.23. The van der Waals surface area contributed by atoms with E-state index in [2.05, 4.69) is 15.8 Å². The molecule has 2 heterocycles. The minimum absolute atomic E-state index is 0.221. The van der Waals surface area contributed by atoms with Crippen LogP contribution in [0.2, 0.25) is 0 Å². The average Bonchev–Trinajstić information content (AvgIpc) is 2.73. The van der Waals surface area contributed by atoms with E-state index >= 15 is 0 Å². The lowest BCUT2D eigenvalue weighted by Gasteiger charge is -2.13. The maximum Gasteiger partial charge on any atom is 0.102 e. The van der Waals surface area contributed by atoms with Crippen LogP contribution in [0.5, 0.6) is 0 Å². The topological polar surface area (TPSA) is 78.0 Å². The Hall–Kier alpha value is -0.980. The number of aromatic nitrogens is 3. The normalized spacial score (nSPS) is 22.9. The molecule has 6 heteroatoms. The number of hydrogen-bond acceptors (Lipinski definition) is 5. The van der Waals surface area contributed by atoms with E-state index < -0.39 is 5.54 Å². The van der Waals surface area contributed by atoms with Crippen molar-refractivity contribution in [1.82, 2.24) is 20.5 Å². The third kappa shape index (κ3) is 1.77. The fraction of sp³-hybridized carbons (Fsp3) is 0.750. The molecule has 0 aromatic carbocycles. The van der Waals surface area contributed by atoms with Crippen molar-refractivity contribution in [2.75, 3.05) is 13.2 Å². The summed E-state index contributed by atoms with van der Waals surface area (Å²) in [7, 11) is 0. The predicted molar refractivity (Wildman–Crippen MR) is 50.2 cm³/mol. The highest BCUT2D eigenvalue weighted by molar-refractivity contribution is 5.06. The van der Waals surface area contributed by atoms with E-state index in [1.807, 2.05) is 20.0 Å². The maximum absolute atomic E-state index is 5.91. The molecule has 1 aliphatic rings. The number of hydroxylamine groups is 1. The molecule has 1 aromatic heterocycles. The summed E-state index contributed by atoms with van der Waals surface area (Å²) in [5.41, 5.74) is 9.06. The summed E-state index contributed by atoms with van der Waals surface area (Å²) in [4.78, 5) is 5.04. The van der Waals surface area contributed by atoms with E-state index in [0.717, 1.165) is 12.2 Å². The van der Waals surface area contributed by atoms with Gasteiger partial charge < -0.3 is 5.73 Å². The van der Waals surface area contributed by atoms with Gasteiger partial charge in [0.2, 0.25) is 0 Å². The summed E-state index contributed by atoms with van der Waals surface area (Å²) < 4.78 is 1.80. The van der Waals surface area contributed by atoms with Crippen LogP contribution >= 0.6 is 0 Å². The van der Waals surface area contributed by atoms with Gasteiger partial charge in [0, 0.05) is 6.54 Å². The molecule has 1 saturated heterocycles. The van der Waals surface area contributed by atoms with Crippen molar-refractivity contribution in [3.63, 3.8) is 0 Å². The van der Waals surface area contributed by atoms with E-state index in [9.17, 15) is 0 Å². The minimum atomic E-state index is -0.439. The summed E-state index contributed by atoms with van der Waals surface area (Å²) in [5.74, 6) is 0. The van der Waals surface area contributed by atoms with E-state index in [4.69, 9.17) is 10.6 Å². The van der Waals surface area contributed by atoms with E-state index in [1.54, 1.807) is 4.68 Å². The minimum Gasteiger partial charge on any atom is -0.320 e. The van der Waals surface area contributed by atoms with Gasteiger partial charge in [-0.2, -0.15) is 0 Å². The lowest BCUT2D eigenvalue weighted by molar-refractivity contribution is 0.0968. The summed E-state index contributed by atoms with van der Waals surface area (Å²) in [6.07, 6.45) is 1.88. The summed E-state index contributed by atoms with van der Waals surface area (Å²) in [5, 5.41) is 8.07. The third-order valence-electron chi connectivity index (χ3n) is 2.24. The number of hydrogen-bond donors (Lipinski definition) is 2. The van der Waals surface area contributed by atoms with Gasteiger partial charge in [-0.05, 0) is 13.8 Å². The molecule has 6 nitrogen and oxygen atoms in total. The zero-order valence-corrected chi connectivity index (χ0v) is 8.40. The van der Waals surface area contributed by atoms with Crippen LogP contribution in [0, 0.1) is 0 Å². The van der Waals surface area contributed by atoms with Gasteiger partial charge in [0.15, 0.2) is 0 Å². The third-order valence-corrected chi connectivity index (χ3v) is 2.24. The van der Waals surface area contributed by atoms with Gasteiger partial charge in [0.05, 0.1) is 24.4 Å². The molecule has 0 radical (unpaired) electrons. The fourth-order valence-electron chi connectivity index (χ4n) is 1.29. The van der Waals surface area contributed by atoms with Gasteiger partial charge in [-0.3, -0.25) is 4.84 Å². The van der Waals surface area contributed by atoms with Crippen molar-refractivity contribution < 1.29 is 4.84 Å². The van der Waals surface area contributed by atoms with Crippen LogP contribution in [-0.2, 0) is 10.4 Å². The molecule has 2 rings (SSSR count). The second kappa shape index (κ2) is 3.30. The summed E-state index contributed by atoms with van der Waals surface area (Å²) >= 11 is 0. The van der Waals surface area contributed by atoms with Crippen LogP contribution < -0.4 is 11.2 Å². The molecule has 1 atom stereocenters. The average molecular weight is 197 g/mol. The van der Waals surface area contributed by atoms with Crippen LogP contribution in [0.1, 0.15) is 25.6 Å². The number of nitrogens with zero attached hydrogens (tertiary/aromatic N) is 3. The molecule has 78 valence electrons. The Bertz CT molecular complexity index is 310. The first-order valence-corrected chi connectivity index (χ1v) is 4.63. The Labute approximate surface area is 82.4 Å². The van der Waals surface area contributed by atoms with Crippen molar-refractivity contribution in [1.29, 1.82) is 0 Å². The van der Waals surface area contributed by atoms with Gasteiger partial charge in [0.25, 0.3) is 0 Å². The zero-order chi connectivity index (χ0) is 10.2. The molecule has 3 N–H and O–H groups in total. The Balaban J connectivity index is 2.17. The van der Waals surface area contributed by atoms with Crippen LogP contribution in [0.15, 0.2) is 6.20 Å². The number of rotatable bonds is 2. The fourth-order valence-corrected chi connectivity index (χ4v) is 1.29. The number of nitrogens with two attached hydrogens (primary N) is 1. The first-order chi connectivity index (χ1) is 6.57. The zero-order valence-electron chi connectivity index (χ0n) is 8.40. The number of nitrogens with one attached hydrogen (secondary N) is 1.